The van der Waals surface area contributed by atoms with Gasteiger partial charge in [0.1, 0.15) is 0 Å². The zero-order chi connectivity index (χ0) is 27.1. The fourth-order valence-corrected chi connectivity index (χ4v) is 5.00. The number of benzene rings is 4. The summed E-state index contributed by atoms with van der Waals surface area (Å²) in [6, 6.07) is 31.6. The molecule has 6 nitrogen and oxygen atoms in total. The van der Waals surface area contributed by atoms with Crippen molar-refractivity contribution in [3.8, 4) is 22.3 Å². The highest BCUT2D eigenvalue weighted by Crippen LogP contribution is 2.37. The number of nitrogens with zero attached hydrogens (tertiary/aromatic N) is 2. The Hall–Kier alpha value is -5.36. The third-order valence-electron chi connectivity index (χ3n) is 6.84. The van der Waals surface area contributed by atoms with Gasteiger partial charge in [-0.2, -0.15) is 0 Å². The quantitative estimate of drug-likeness (QED) is 0.267. The summed E-state index contributed by atoms with van der Waals surface area (Å²) < 4.78 is 0. The van der Waals surface area contributed by atoms with Crippen molar-refractivity contribution in [1.82, 2.24) is 4.98 Å². The van der Waals surface area contributed by atoms with Crippen molar-refractivity contribution in [2.75, 3.05) is 4.90 Å². The number of anilines is 1. The van der Waals surface area contributed by atoms with Gasteiger partial charge in [-0.3, -0.25) is 14.5 Å². The van der Waals surface area contributed by atoms with Crippen LogP contribution in [0.4, 0.5) is 5.69 Å². The minimum atomic E-state index is -1.03. The molecule has 0 aliphatic carbocycles. The van der Waals surface area contributed by atoms with Crippen LogP contribution in [0.25, 0.3) is 39.2 Å². The minimum Gasteiger partial charge on any atom is -0.478 e. The van der Waals surface area contributed by atoms with Crippen LogP contribution >= 0.6 is 0 Å². The lowest BCUT2D eigenvalue weighted by Crippen LogP contribution is -2.25. The summed E-state index contributed by atoms with van der Waals surface area (Å²) in [5, 5.41) is 10.3. The first-order valence-corrected chi connectivity index (χ1v) is 12.4. The van der Waals surface area contributed by atoms with Crippen LogP contribution in [0.15, 0.2) is 109 Å². The lowest BCUT2D eigenvalue weighted by atomic mass is 9.96. The van der Waals surface area contributed by atoms with E-state index in [1.165, 1.54) is 17.9 Å². The molecule has 0 radical (unpaired) electrons. The van der Waals surface area contributed by atoms with Crippen LogP contribution in [-0.2, 0) is 4.79 Å². The van der Waals surface area contributed by atoms with E-state index in [4.69, 9.17) is 4.98 Å². The first-order valence-electron chi connectivity index (χ1n) is 12.4. The molecule has 2 heterocycles. The number of carbonyl (C=O) groups is 3. The number of hydrogen-bond acceptors (Lipinski definition) is 4. The number of carbonyl (C=O) groups excluding carboxylic acids is 2. The van der Waals surface area contributed by atoms with Gasteiger partial charge < -0.3 is 5.11 Å². The fraction of sp³-hybridized carbons (Fsp3) is 0.0303. The van der Waals surface area contributed by atoms with Crippen molar-refractivity contribution < 1.29 is 19.5 Å². The molecule has 188 valence electrons. The molecule has 0 atom stereocenters. The predicted octanol–water partition coefficient (Wildman–Crippen LogP) is 6.86. The third-order valence-corrected chi connectivity index (χ3v) is 6.84. The number of fused-ring (bicyclic) bond motifs is 2. The SMILES string of the molecule is CC(=O)N1/C(=C\c2cc(-c3ccc(-c4ccccc4)cc3)c3cc(C(=O)O)ccc3n2)C(=O)c2ccccc21. The summed E-state index contributed by atoms with van der Waals surface area (Å²) in [4.78, 5) is 43.7. The maximum atomic E-state index is 13.3. The minimum absolute atomic E-state index is 0.154. The first-order chi connectivity index (χ1) is 18.9. The molecular weight excluding hydrogens is 488 g/mol. The molecule has 0 fully saturated rings. The highest BCUT2D eigenvalue weighted by Gasteiger charge is 2.34. The molecule has 0 spiro atoms. The van der Waals surface area contributed by atoms with Crippen LogP contribution in [0.3, 0.4) is 0 Å². The number of Topliss-reactive ketones (excluding diaryl/α,β-unsaturated/α-hetero) is 1. The van der Waals surface area contributed by atoms with E-state index in [0.717, 1.165) is 22.3 Å². The van der Waals surface area contributed by atoms with Crippen LogP contribution in [0, 0.1) is 0 Å². The zero-order valence-electron chi connectivity index (χ0n) is 21.0. The van der Waals surface area contributed by atoms with Crippen molar-refractivity contribution in [3.05, 3.63) is 126 Å². The van der Waals surface area contributed by atoms with E-state index in [9.17, 15) is 19.5 Å². The predicted molar refractivity (Wildman–Crippen MR) is 151 cm³/mol. The van der Waals surface area contributed by atoms with Gasteiger partial charge in [-0.05, 0) is 64.7 Å². The normalized spacial score (nSPS) is 13.6. The van der Waals surface area contributed by atoms with E-state index >= 15 is 0 Å². The van der Waals surface area contributed by atoms with Crippen LogP contribution in [0.1, 0.15) is 33.3 Å². The summed E-state index contributed by atoms with van der Waals surface area (Å²) in [6.45, 7) is 1.42. The topological polar surface area (TPSA) is 87.6 Å². The molecule has 1 amide bonds. The Labute approximate surface area is 224 Å². The van der Waals surface area contributed by atoms with Crippen LogP contribution < -0.4 is 4.90 Å². The summed E-state index contributed by atoms with van der Waals surface area (Å²) in [5.41, 5.74) is 6.23. The largest absolute Gasteiger partial charge is 0.478 e. The number of allylic oxidation sites excluding steroid dienone is 1. The lowest BCUT2D eigenvalue weighted by molar-refractivity contribution is -0.116. The smallest absolute Gasteiger partial charge is 0.335 e. The average Bonchev–Trinajstić information content (AvgIpc) is 3.24. The van der Waals surface area contributed by atoms with Gasteiger partial charge in [0.25, 0.3) is 0 Å². The third kappa shape index (κ3) is 4.28. The van der Waals surface area contributed by atoms with E-state index in [-0.39, 0.29) is 23.0 Å². The van der Waals surface area contributed by atoms with Gasteiger partial charge in [-0.25, -0.2) is 9.78 Å². The molecule has 0 bridgehead atoms. The van der Waals surface area contributed by atoms with Crippen molar-refractivity contribution in [1.29, 1.82) is 0 Å². The molecule has 1 aromatic heterocycles. The van der Waals surface area contributed by atoms with Gasteiger partial charge in [-0.1, -0.05) is 66.7 Å². The number of hydrogen-bond donors (Lipinski definition) is 1. The number of para-hydroxylation sites is 1. The highest BCUT2D eigenvalue weighted by molar-refractivity contribution is 6.26. The second-order valence-corrected chi connectivity index (χ2v) is 9.31. The number of carboxylic acid groups (broad SMARTS) is 1. The number of aromatic nitrogens is 1. The first kappa shape index (κ1) is 24.0. The Morgan fingerprint density at radius 3 is 2.15 bits per heavy atom. The maximum Gasteiger partial charge on any atom is 0.335 e. The number of carboxylic acids is 1. The van der Waals surface area contributed by atoms with E-state index in [1.54, 1.807) is 42.5 Å². The molecule has 4 aromatic carbocycles. The molecule has 1 aliphatic heterocycles. The van der Waals surface area contributed by atoms with Crippen molar-refractivity contribution >= 4 is 40.3 Å². The van der Waals surface area contributed by atoms with Crippen LogP contribution in [-0.4, -0.2) is 27.8 Å². The summed E-state index contributed by atoms with van der Waals surface area (Å²) in [5.74, 6) is -1.55. The summed E-state index contributed by atoms with van der Waals surface area (Å²) >= 11 is 0. The Morgan fingerprint density at radius 1 is 0.769 bits per heavy atom. The lowest BCUT2D eigenvalue weighted by Gasteiger charge is -2.16. The van der Waals surface area contributed by atoms with E-state index in [0.29, 0.717) is 27.8 Å². The summed E-state index contributed by atoms with van der Waals surface area (Å²) in [6.07, 6.45) is 1.62. The number of pyridine rings is 1. The molecule has 0 saturated heterocycles. The van der Waals surface area contributed by atoms with Crippen molar-refractivity contribution in [3.63, 3.8) is 0 Å². The molecule has 6 rings (SSSR count). The number of ketones is 1. The molecule has 6 heteroatoms. The Balaban J connectivity index is 1.52. The second kappa shape index (κ2) is 9.50. The standard InChI is InChI=1S/C33H22N2O4/c1-20(36)35-30-10-6-5-9-26(30)32(37)31(35)19-25-18-27(28-17-24(33(38)39)15-16-29(28)34-25)23-13-11-22(12-14-23)21-7-3-2-4-8-21/h2-19H,1H3,(H,38,39)/b31-19-. The van der Waals surface area contributed by atoms with E-state index in [2.05, 4.69) is 0 Å². The molecule has 39 heavy (non-hydrogen) atoms. The number of amides is 1. The monoisotopic (exact) mass is 510 g/mol. The van der Waals surface area contributed by atoms with Gasteiger partial charge >= 0.3 is 5.97 Å². The zero-order valence-corrected chi connectivity index (χ0v) is 21.0. The number of aromatic carboxylic acids is 1. The number of rotatable bonds is 4. The van der Waals surface area contributed by atoms with Gasteiger partial charge in [0.2, 0.25) is 11.7 Å². The Bertz CT molecular complexity index is 1820. The Morgan fingerprint density at radius 2 is 1.44 bits per heavy atom. The van der Waals surface area contributed by atoms with Crippen molar-refractivity contribution in [2.45, 2.75) is 6.92 Å². The fourth-order valence-electron chi connectivity index (χ4n) is 5.00. The molecule has 0 unspecified atom stereocenters. The molecule has 5 aromatic rings. The summed E-state index contributed by atoms with van der Waals surface area (Å²) in [7, 11) is 0. The van der Waals surface area contributed by atoms with Gasteiger partial charge in [0.15, 0.2) is 0 Å². The van der Waals surface area contributed by atoms with E-state index < -0.39 is 5.97 Å². The van der Waals surface area contributed by atoms with Gasteiger partial charge in [0, 0.05) is 17.9 Å². The van der Waals surface area contributed by atoms with Crippen molar-refractivity contribution in [2.24, 2.45) is 0 Å². The van der Waals surface area contributed by atoms with Gasteiger partial charge in [-0.15, -0.1) is 0 Å². The maximum absolute atomic E-state index is 13.3. The molecule has 1 N–H and O–H groups in total. The average molecular weight is 511 g/mol. The Kier molecular flexibility index (Phi) is 5.85. The van der Waals surface area contributed by atoms with Gasteiger partial charge in [0.05, 0.1) is 28.2 Å². The van der Waals surface area contributed by atoms with Crippen LogP contribution in [0.2, 0.25) is 0 Å². The second-order valence-electron chi connectivity index (χ2n) is 9.31. The highest BCUT2D eigenvalue weighted by atomic mass is 16.4. The molecule has 1 aliphatic rings. The van der Waals surface area contributed by atoms with E-state index in [1.807, 2.05) is 60.7 Å². The molecule has 0 saturated carbocycles. The van der Waals surface area contributed by atoms with Crippen LogP contribution in [0.5, 0.6) is 0 Å². The molecular formula is C33H22N2O4.